The van der Waals surface area contributed by atoms with Gasteiger partial charge in [0.15, 0.2) is 12.4 Å². The summed E-state index contributed by atoms with van der Waals surface area (Å²) in [6, 6.07) is 0. The van der Waals surface area contributed by atoms with Gasteiger partial charge in [-0.15, -0.1) is 0 Å². The Kier molecular flexibility index (Phi) is 27.1. The van der Waals surface area contributed by atoms with Crippen molar-refractivity contribution in [2.24, 2.45) is 46.3 Å². The highest BCUT2D eigenvalue weighted by atomic mass is 16.7. The fraction of sp³-hybridized carbons (Fsp3) is 0.891. The molecule has 7 rings (SSSR count). The number of aliphatic hydroxyl groups is 9. The molecule has 10 N–H and O–H groups in total. The molecule has 0 aromatic rings. The van der Waals surface area contributed by atoms with E-state index in [4.69, 9.17) is 14.2 Å². The van der Waals surface area contributed by atoms with E-state index in [2.05, 4.69) is 52.1 Å². The number of rotatable bonds is 26. The Morgan fingerprint density at radius 3 is 2.33 bits per heavy atom. The number of ether oxygens (including phenoxy) is 3. The third kappa shape index (κ3) is 17.1. The van der Waals surface area contributed by atoms with Gasteiger partial charge in [-0.05, 0) is 125 Å². The summed E-state index contributed by atoms with van der Waals surface area (Å²) < 4.78 is 16.9. The van der Waals surface area contributed by atoms with Gasteiger partial charge in [0.25, 0.3) is 5.91 Å². The molecule has 0 aromatic heterocycles. The van der Waals surface area contributed by atoms with Crippen LogP contribution in [0, 0.1) is 46.3 Å². The monoisotopic (exact) mass is 1160 g/mol. The van der Waals surface area contributed by atoms with Crippen molar-refractivity contribution in [1.29, 1.82) is 0 Å². The fourth-order valence-corrected chi connectivity index (χ4v) is 15.9. The lowest BCUT2D eigenvalue weighted by Crippen LogP contribution is -2.68. The molecular weight excluding hydrogens is 1050 g/mol. The molecule has 3 aliphatic heterocycles. The number of unbranched alkanes of at least 4 members (excludes halogenated alkanes) is 6. The molecule has 2 bridgehead atoms. The lowest BCUT2D eigenvalue weighted by Gasteiger charge is -2.60. The number of esters is 1. The highest BCUT2D eigenvalue weighted by Crippen LogP contribution is 2.69. The Balaban J connectivity index is 1.08. The van der Waals surface area contributed by atoms with Crippen molar-refractivity contribution < 1.29 is 74.6 Å². The molecule has 4 aliphatic carbocycles. The van der Waals surface area contributed by atoms with Crippen LogP contribution in [0.25, 0.3) is 0 Å². The van der Waals surface area contributed by atoms with Crippen LogP contribution in [-0.2, 0) is 28.6 Å². The molecule has 7 aliphatic rings. The van der Waals surface area contributed by atoms with Crippen LogP contribution in [0.4, 0.5) is 0 Å². The van der Waals surface area contributed by atoms with Crippen molar-refractivity contribution in [2.45, 2.75) is 262 Å². The maximum atomic E-state index is 13.9. The van der Waals surface area contributed by atoms with Crippen molar-refractivity contribution in [2.75, 3.05) is 53.0 Å². The predicted molar refractivity (Wildman–Crippen MR) is 312 cm³/mol. The van der Waals surface area contributed by atoms with E-state index in [-0.39, 0.29) is 49.5 Å². The lowest BCUT2D eigenvalue weighted by atomic mass is 9.44. The molecule has 18 heteroatoms. The smallest absolute Gasteiger partial charge is 0.307 e. The Morgan fingerprint density at radius 2 is 1.61 bits per heavy atom. The van der Waals surface area contributed by atoms with Crippen LogP contribution in [0.2, 0.25) is 0 Å². The van der Waals surface area contributed by atoms with Crippen LogP contribution in [0.3, 0.4) is 0 Å². The van der Waals surface area contributed by atoms with Crippen LogP contribution < -0.4 is 5.32 Å². The third-order valence-electron chi connectivity index (χ3n) is 20.7. The maximum absolute atomic E-state index is 13.9. The zero-order chi connectivity index (χ0) is 59.8. The number of hydrogen-bond acceptors (Lipinski definition) is 16. The van der Waals surface area contributed by atoms with E-state index in [9.17, 15) is 60.3 Å². The zero-order valence-corrected chi connectivity index (χ0v) is 51.0. The molecular formula is C64H111N3O15. The van der Waals surface area contributed by atoms with E-state index in [1.54, 1.807) is 17.5 Å². The minimum atomic E-state index is -3.10. The number of nitrogens with one attached hydrogen (secondary N) is 1. The van der Waals surface area contributed by atoms with Gasteiger partial charge in [-0.3, -0.25) is 14.4 Å². The average Bonchev–Trinajstić information content (AvgIpc) is 3.72. The number of allylic oxidation sites excluding steroid dienone is 3. The number of carbonyl (C=O) groups excluding carboxylic acids is 3. The first-order valence-electron chi connectivity index (χ1n) is 32.3. The number of carbonyl (C=O) groups is 3. The molecule has 18 nitrogen and oxygen atoms in total. The molecule has 8 unspecified atom stereocenters. The topological polar surface area (TPSA) is 279 Å². The Bertz CT molecular complexity index is 2040. The van der Waals surface area contributed by atoms with Gasteiger partial charge in [0, 0.05) is 51.0 Å². The van der Waals surface area contributed by atoms with Gasteiger partial charge in [0.05, 0.1) is 19.6 Å². The van der Waals surface area contributed by atoms with Crippen LogP contribution in [0.15, 0.2) is 23.3 Å². The molecule has 6 fully saturated rings. The average molecular weight is 1160 g/mol. The first-order valence-corrected chi connectivity index (χ1v) is 32.3. The molecule has 472 valence electrons. The molecule has 3 heterocycles. The Morgan fingerprint density at radius 1 is 0.890 bits per heavy atom. The normalized spacial score (nSPS) is 33.6. The first-order chi connectivity index (χ1) is 39.1. The second kappa shape index (κ2) is 32.4. The largest absolute Gasteiger partial charge is 0.462 e. The first kappa shape index (κ1) is 68.5. The van der Waals surface area contributed by atoms with Gasteiger partial charge in [-0.2, -0.15) is 0 Å². The van der Waals surface area contributed by atoms with Crippen LogP contribution in [-0.4, -0.2) is 187 Å². The van der Waals surface area contributed by atoms with Gasteiger partial charge in [-0.1, -0.05) is 129 Å². The summed E-state index contributed by atoms with van der Waals surface area (Å²) in [6.07, 6.45) is 16.7. The summed E-state index contributed by atoms with van der Waals surface area (Å²) in [5.41, 5.74) is 3.64. The number of fused-ring (bicyclic) bond motifs is 17. The van der Waals surface area contributed by atoms with Crippen molar-refractivity contribution in [3.8, 4) is 0 Å². The third-order valence-corrected chi connectivity index (χ3v) is 20.7. The highest BCUT2D eigenvalue weighted by molar-refractivity contribution is 5.81. The second-order valence-electron chi connectivity index (χ2n) is 26.7. The van der Waals surface area contributed by atoms with Gasteiger partial charge >= 0.3 is 5.97 Å². The van der Waals surface area contributed by atoms with E-state index in [1.807, 2.05) is 4.90 Å². The molecule has 0 radical (unpaired) electrons. The molecule has 0 aromatic carbocycles. The van der Waals surface area contributed by atoms with E-state index in [0.717, 1.165) is 94.3 Å². The molecule has 16 atom stereocenters. The van der Waals surface area contributed by atoms with E-state index in [1.165, 1.54) is 89.0 Å². The minimum Gasteiger partial charge on any atom is -0.462 e. The number of likely N-dealkylation sites (N-methyl/N-ethyl adjacent to an activating group) is 1. The Hall–Kier alpha value is -2.59. The highest BCUT2D eigenvalue weighted by Gasteiger charge is 2.61. The summed E-state index contributed by atoms with van der Waals surface area (Å²) in [6.45, 7) is 11.3. The van der Waals surface area contributed by atoms with Crippen molar-refractivity contribution >= 4 is 17.8 Å². The van der Waals surface area contributed by atoms with Gasteiger partial charge in [-0.25, -0.2) is 0 Å². The fourth-order valence-electron chi connectivity index (χ4n) is 15.9. The van der Waals surface area contributed by atoms with E-state index in [0.29, 0.717) is 36.8 Å². The van der Waals surface area contributed by atoms with E-state index >= 15 is 0 Å². The summed E-state index contributed by atoms with van der Waals surface area (Å²) >= 11 is 0. The summed E-state index contributed by atoms with van der Waals surface area (Å²) in [7, 11) is 1.80. The molecule has 3 saturated heterocycles. The molecule has 1 spiro atoms. The second-order valence-corrected chi connectivity index (χ2v) is 26.7. The van der Waals surface area contributed by atoms with Gasteiger partial charge in [0.2, 0.25) is 11.7 Å². The van der Waals surface area contributed by atoms with Gasteiger partial charge < -0.3 is 75.3 Å². The minimum absolute atomic E-state index is 0.0212. The van der Waals surface area contributed by atoms with Crippen molar-refractivity contribution in [1.82, 2.24) is 15.1 Å². The number of amides is 2. The van der Waals surface area contributed by atoms with Crippen LogP contribution >= 0.6 is 0 Å². The zero-order valence-electron chi connectivity index (χ0n) is 51.0. The molecule has 82 heavy (non-hydrogen) atoms. The number of nitrogens with zero attached hydrogens (tertiary/aromatic N) is 2. The predicted octanol–water partition coefficient (Wildman–Crippen LogP) is 6.19. The number of hydrogen-bond donors (Lipinski definition) is 10. The summed E-state index contributed by atoms with van der Waals surface area (Å²) in [4.78, 5) is 44.5. The quantitative estimate of drug-likeness (QED) is 0.0200. The van der Waals surface area contributed by atoms with Crippen LogP contribution in [0.5, 0.6) is 0 Å². The van der Waals surface area contributed by atoms with Crippen molar-refractivity contribution in [3.63, 3.8) is 0 Å². The van der Waals surface area contributed by atoms with E-state index < -0.39 is 73.9 Å². The lowest BCUT2D eigenvalue weighted by molar-refractivity contribution is -0.396. The SMILES string of the molecule is CCCCCCCC/C=C1\CCCCCCCC(=O)N(CCN(C)CCNC(=O)C(O)C(O)C(O[C@@H]2OC(CO)C(O)(O)C(O)C2O)C(O)CO)CCC(=O)OC2CC[C@]13C(=CC[C@H]1[C@@H]4CC[C@H]([C@H](C)CCCC(C)C)[C@@]4(C)CC[C@@H]13)C2. The Labute approximate surface area is 490 Å². The standard InChI is InChI=1S/C64H111N3O15/c1-7-8-9-10-11-13-16-22-44-23-17-14-12-15-18-24-53(71)67(38-37-66(6)36-34-65-60(77)56(74)55(73)58(51(70)40-68)82-61-57(75)59(76)64(78,79)52(41-69)81-61)35-31-54(72)80-46-29-33-63(44)45(39-46)25-26-47-49-28-27-48(43(4)21-19-20-42(2)3)62(49,5)32-30-50(47)63/h22,25,42-43,46-52,55-59,61,68-70,73-76,78-79H,7-21,23-24,26-41H2,1-6H3,(H,65,77)/b44-22+/t43-,46?,47+,48-,49+,50+,51?,52?,55?,56?,57?,58?,59?,61+,62-,63-/m1/s1. The molecule has 3 saturated carbocycles. The van der Waals surface area contributed by atoms with Crippen molar-refractivity contribution in [3.05, 3.63) is 23.3 Å². The number of aliphatic hydroxyl groups excluding tert-OH is 7. The van der Waals surface area contributed by atoms with Gasteiger partial charge in [0.1, 0.15) is 42.7 Å². The summed E-state index contributed by atoms with van der Waals surface area (Å²) in [5, 5.41) is 94.8. The van der Waals surface area contributed by atoms with Crippen LogP contribution in [0.1, 0.15) is 202 Å². The summed E-state index contributed by atoms with van der Waals surface area (Å²) in [5.74, 6) is -0.137. The maximum Gasteiger partial charge on any atom is 0.307 e. The molecule has 2 amide bonds.